The lowest BCUT2D eigenvalue weighted by molar-refractivity contribution is 0.358. The van der Waals surface area contributed by atoms with Crippen molar-refractivity contribution in [2.45, 2.75) is 45.1 Å². The molecule has 106 valence electrons. The monoisotopic (exact) mass is 283 g/mol. The number of halogens is 2. The van der Waals surface area contributed by atoms with E-state index in [0.29, 0.717) is 29.0 Å². The first kappa shape index (κ1) is 14.8. The predicted molar refractivity (Wildman–Crippen MR) is 79.1 cm³/mol. The second-order valence-corrected chi connectivity index (χ2v) is 6.05. The van der Waals surface area contributed by atoms with Crippen molar-refractivity contribution in [2.24, 2.45) is 11.8 Å². The topological polar surface area (TPSA) is 12.0 Å². The van der Waals surface area contributed by atoms with Crippen molar-refractivity contribution >= 4 is 11.6 Å². The fourth-order valence-electron chi connectivity index (χ4n) is 3.30. The molecule has 1 nitrogen and oxygen atoms in total. The molecule has 1 N–H and O–H groups in total. The van der Waals surface area contributed by atoms with Gasteiger partial charge in [0.15, 0.2) is 0 Å². The van der Waals surface area contributed by atoms with E-state index in [0.717, 1.165) is 5.92 Å². The van der Waals surface area contributed by atoms with Gasteiger partial charge in [0.2, 0.25) is 0 Å². The molecule has 0 saturated heterocycles. The van der Waals surface area contributed by atoms with Crippen LogP contribution in [-0.2, 0) is 6.42 Å². The highest BCUT2D eigenvalue weighted by Gasteiger charge is 2.30. The first-order valence-electron chi connectivity index (χ1n) is 7.25. The number of rotatable bonds is 5. The Hall–Kier alpha value is -0.600. The van der Waals surface area contributed by atoms with Crippen LogP contribution in [0.4, 0.5) is 4.39 Å². The molecule has 1 aromatic carbocycles. The summed E-state index contributed by atoms with van der Waals surface area (Å²) < 4.78 is 13.9. The third kappa shape index (κ3) is 3.49. The quantitative estimate of drug-likeness (QED) is 0.843. The molecule has 3 heteroatoms. The van der Waals surface area contributed by atoms with E-state index in [9.17, 15) is 4.39 Å². The molecule has 0 spiro atoms. The van der Waals surface area contributed by atoms with E-state index < -0.39 is 0 Å². The Morgan fingerprint density at radius 1 is 1.42 bits per heavy atom. The summed E-state index contributed by atoms with van der Waals surface area (Å²) in [6.45, 7) is 2.26. The zero-order valence-electron chi connectivity index (χ0n) is 11.8. The molecule has 0 aliphatic heterocycles. The van der Waals surface area contributed by atoms with Crippen molar-refractivity contribution in [1.82, 2.24) is 5.32 Å². The SMILES string of the molecule is CCC1CCC(C(Cc2c(F)cccc2Cl)NC)C1. The minimum atomic E-state index is -0.183. The van der Waals surface area contributed by atoms with Gasteiger partial charge in [-0.1, -0.05) is 37.4 Å². The fraction of sp³-hybridized carbons (Fsp3) is 0.625. The highest BCUT2D eigenvalue weighted by Crippen LogP contribution is 2.36. The van der Waals surface area contributed by atoms with Gasteiger partial charge in [0.1, 0.15) is 5.82 Å². The van der Waals surface area contributed by atoms with Crippen molar-refractivity contribution in [1.29, 1.82) is 0 Å². The Balaban J connectivity index is 2.07. The minimum absolute atomic E-state index is 0.183. The van der Waals surface area contributed by atoms with Gasteiger partial charge in [-0.05, 0) is 50.3 Å². The number of hydrogen-bond acceptors (Lipinski definition) is 1. The summed E-state index contributed by atoms with van der Waals surface area (Å²) in [5.74, 6) is 1.31. The van der Waals surface area contributed by atoms with Gasteiger partial charge in [0.05, 0.1) is 0 Å². The molecule has 0 aromatic heterocycles. The van der Waals surface area contributed by atoms with Gasteiger partial charge in [-0.3, -0.25) is 0 Å². The fourth-order valence-corrected chi connectivity index (χ4v) is 3.54. The van der Waals surface area contributed by atoms with Crippen LogP contribution in [0, 0.1) is 17.7 Å². The second-order valence-electron chi connectivity index (χ2n) is 5.65. The van der Waals surface area contributed by atoms with E-state index in [1.54, 1.807) is 12.1 Å². The van der Waals surface area contributed by atoms with E-state index in [1.165, 1.54) is 31.7 Å². The van der Waals surface area contributed by atoms with Crippen LogP contribution < -0.4 is 5.32 Å². The minimum Gasteiger partial charge on any atom is -0.316 e. The molecule has 1 aliphatic carbocycles. The van der Waals surface area contributed by atoms with Crippen molar-refractivity contribution in [3.05, 3.63) is 34.6 Å². The lowest BCUT2D eigenvalue weighted by atomic mass is 9.91. The Bertz CT molecular complexity index is 401. The van der Waals surface area contributed by atoms with Crippen LogP contribution in [0.3, 0.4) is 0 Å². The molecule has 0 amide bonds. The molecule has 0 bridgehead atoms. The number of nitrogens with one attached hydrogen (secondary N) is 1. The third-order valence-corrected chi connectivity index (χ3v) is 4.94. The first-order valence-corrected chi connectivity index (χ1v) is 7.63. The van der Waals surface area contributed by atoms with Gasteiger partial charge in [-0.2, -0.15) is 0 Å². The van der Waals surface area contributed by atoms with Crippen LogP contribution in [0.5, 0.6) is 0 Å². The molecule has 3 unspecified atom stereocenters. The average molecular weight is 284 g/mol. The normalized spacial score (nSPS) is 24.6. The van der Waals surface area contributed by atoms with Crippen LogP contribution in [0.25, 0.3) is 0 Å². The van der Waals surface area contributed by atoms with Crippen LogP contribution in [0.1, 0.15) is 38.2 Å². The van der Waals surface area contributed by atoms with Crippen molar-refractivity contribution in [3.8, 4) is 0 Å². The van der Waals surface area contributed by atoms with Gasteiger partial charge in [0.25, 0.3) is 0 Å². The maximum Gasteiger partial charge on any atom is 0.127 e. The lowest BCUT2D eigenvalue weighted by Gasteiger charge is -2.24. The maximum atomic E-state index is 13.9. The predicted octanol–water partition coefficient (Wildman–Crippen LogP) is 4.44. The zero-order chi connectivity index (χ0) is 13.8. The molecule has 1 saturated carbocycles. The summed E-state index contributed by atoms with van der Waals surface area (Å²) in [6.07, 6.45) is 5.75. The molecule has 1 fully saturated rings. The smallest absolute Gasteiger partial charge is 0.127 e. The molecular formula is C16H23ClFN. The Labute approximate surface area is 120 Å². The second kappa shape index (κ2) is 6.71. The molecule has 0 radical (unpaired) electrons. The van der Waals surface area contributed by atoms with Gasteiger partial charge >= 0.3 is 0 Å². The highest BCUT2D eigenvalue weighted by molar-refractivity contribution is 6.31. The summed E-state index contributed by atoms with van der Waals surface area (Å²) in [5, 5.41) is 3.91. The van der Waals surface area contributed by atoms with E-state index >= 15 is 0 Å². The van der Waals surface area contributed by atoms with Crippen molar-refractivity contribution < 1.29 is 4.39 Å². The third-order valence-electron chi connectivity index (χ3n) is 4.58. The summed E-state index contributed by atoms with van der Waals surface area (Å²) >= 11 is 6.13. The lowest BCUT2D eigenvalue weighted by Crippen LogP contribution is -2.34. The molecule has 1 aromatic rings. The van der Waals surface area contributed by atoms with Crippen molar-refractivity contribution in [2.75, 3.05) is 7.05 Å². The van der Waals surface area contributed by atoms with Crippen LogP contribution >= 0.6 is 11.6 Å². The molecular weight excluding hydrogens is 261 g/mol. The largest absolute Gasteiger partial charge is 0.316 e. The summed E-state index contributed by atoms with van der Waals surface area (Å²) in [5.41, 5.74) is 0.656. The van der Waals surface area contributed by atoms with E-state index in [4.69, 9.17) is 11.6 Å². The molecule has 19 heavy (non-hydrogen) atoms. The van der Waals surface area contributed by atoms with Gasteiger partial charge in [-0.15, -0.1) is 0 Å². The number of benzene rings is 1. The standard InChI is InChI=1S/C16H23ClFN/c1-3-11-7-8-12(9-11)16(19-2)10-13-14(17)5-4-6-15(13)18/h4-6,11-12,16,19H,3,7-10H2,1-2H3. The summed E-state index contributed by atoms with van der Waals surface area (Å²) in [7, 11) is 1.97. The molecule has 1 aliphatic rings. The first-order chi connectivity index (χ1) is 9.15. The van der Waals surface area contributed by atoms with E-state index in [2.05, 4.69) is 12.2 Å². The average Bonchev–Trinajstić information content (AvgIpc) is 2.87. The number of hydrogen-bond donors (Lipinski definition) is 1. The van der Waals surface area contributed by atoms with Gasteiger partial charge in [0, 0.05) is 16.6 Å². The van der Waals surface area contributed by atoms with Crippen LogP contribution in [0.2, 0.25) is 5.02 Å². The van der Waals surface area contributed by atoms with Gasteiger partial charge < -0.3 is 5.32 Å². The Morgan fingerprint density at radius 3 is 2.79 bits per heavy atom. The Kier molecular flexibility index (Phi) is 5.23. The van der Waals surface area contributed by atoms with Gasteiger partial charge in [-0.25, -0.2) is 4.39 Å². The van der Waals surface area contributed by atoms with Crippen LogP contribution in [0.15, 0.2) is 18.2 Å². The zero-order valence-corrected chi connectivity index (χ0v) is 12.5. The number of likely N-dealkylation sites (N-methyl/N-ethyl adjacent to an activating group) is 1. The van der Waals surface area contributed by atoms with Crippen LogP contribution in [-0.4, -0.2) is 13.1 Å². The molecule has 0 heterocycles. The van der Waals surface area contributed by atoms with E-state index in [1.807, 2.05) is 7.05 Å². The summed E-state index contributed by atoms with van der Waals surface area (Å²) in [6, 6.07) is 5.26. The van der Waals surface area contributed by atoms with Crippen molar-refractivity contribution in [3.63, 3.8) is 0 Å². The summed E-state index contributed by atoms with van der Waals surface area (Å²) in [4.78, 5) is 0. The Morgan fingerprint density at radius 2 is 2.21 bits per heavy atom. The maximum absolute atomic E-state index is 13.9. The van der Waals surface area contributed by atoms with E-state index in [-0.39, 0.29) is 5.82 Å². The highest BCUT2D eigenvalue weighted by atomic mass is 35.5. The molecule has 2 rings (SSSR count). The molecule has 3 atom stereocenters.